The number of nitrogens with zero attached hydrogens (tertiary/aromatic N) is 1. The van der Waals surface area contributed by atoms with Crippen molar-refractivity contribution in [3.63, 3.8) is 0 Å². The predicted molar refractivity (Wildman–Crippen MR) is 78.1 cm³/mol. The van der Waals surface area contributed by atoms with E-state index in [0.717, 1.165) is 31.2 Å². The molecule has 0 unspecified atom stereocenters. The highest BCUT2D eigenvalue weighted by molar-refractivity contribution is 5.77. The number of aliphatic hydroxyl groups excluding tert-OH is 1. The van der Waals surface area contributed by atoms with Crippen molar-refractivity contribution in [3.05, 3.63) is 30.1 Å². The van der Waals surface area contributed by atoms with Crippen LogP contribution in [0.15, 0.2) is 24.5 Å². The van der Waals surface area contributed by atoms with Crippen molar-refractivity contribution in [1.82, 2.24) is 10.3 Å². The molecular formula is C16H24N2O2. The monoisotopic (exact) mass is 276 g/mol. The summed E-state index contributed by atoms with van der Waals surface area (Å²) >= 11 is 0. The van der Waals surface area contributed by atoms with Crippen LogP contribution >= 0.6 is 0 Å². The molecule has 0 radical (unpaired) electrons. The SMILES string of the molecule is CC1CCC(CO)(NC(=O)CCc2cccnc2)CC1. The lowest BCUT2D eigenvalue weighted by atomic mass is 9.77. The van der Waals surface area contributed by atoms with E-state index in [2.05, 4.69) is 17.2 Å². The molecule has 0 aromatic carbocycles. The number of hydrogen-bond acceptors (Lipinski definition) is 3. The number of aliphatic hydroxyl groups is 1. The third-order valence-corrected chi connectivity index (χ3v) is 4.30. The Morgan fingerprint density at radius 3 is 2.85 bits per heavy atom. The van der Waals surface area contributed by atoms with Gasteiger partial charge in [0.2, 0.25) is 5.91 Å². The zero-order valence-electron chi connectivity index (χ0n) is 12.1. The van der Waals surface area contributed by atoms with Crippen molar-refractivity contribution in [3.8, 4) is 0 Å². The van der Waals surface area contributed by atoms with Crippen LogP contribution in [0.4, 0.5) is 0 Å². The van der Waals surface area contributed by atoms with Crippen LogP contribution in [0.25, 0.3) is 0 Å². The van der Waals surface area contributed by atoms with Crippen LogP contribution in [0.2, 0.25) is 0 Å². The van der Waals surface area contributed by atoms with Gasteiger partial charge in [-0.05, 0) is 49.7 Å². The lowest BCUT2D eigenvalue weighted by Crippen LogP contribution is -2.53. The number of aromatic nitrogens is 1. The summed E-state index contributed by atoms with van der Waals surface area (Å²) in [6.45, 7) is 2.27. The number of hydrogen-bond donors (Lipinski definition) is 2. The molecule has 0 spiro atoms. The molecule has 1 heterocycles. The fourth-order valence-corrected chi connectivity index (χ4v) is 2.80. The van der Waals surface area contributed by atoms with Crippen LogP contribution in [0, 0.1) is 5.92 Å². The Morgan fingerprint density at radius 1 is 1.50 bits per heavy atom. The van der Waals surface area contributed by atoms with E-state index in [1.54, 1.807) is 12.4 Å². The number of carbonyl (C=O) groups excluding carboxylic acids is 1. The second kappa shape index (κ2) is 6.84. The number of carbonyl (C=O) groups is 1. The van der Waals surface area contributed by atoms with Crippen molar-refractivity contribution in [2.45, 2.75) is 51.0 Å². The first-order chi connectivity index (χ1) is 9.63. The molecule has 0 bridgehead atoms. The highest BCUT2D eigenvalue weighted by Gasteiger charge is 2.34. The highest BCUT2D eigenvalue weighted by atomic mass is 16.3. The number of rotatable bonds is 5. The van der Waals surface area contributed by atoms with Gasteiger partial charge in [0.1, 0.15) is 0 Å². The van der Waals surface area contributed by atoms with Gasteiger partial charge in [-0.25, -0.2) is 0 Å². The van der Waals surface area contributed by atoms with Gasteiger partial charge in [0.05, 0.1) is 12.1 Å². The Hall–Kier alpha value is -1.42. The predicted octanol–water partition coefficient (Wildman–Crippen LogP) is 2.07. The van der Waals surface area contributed by atoms with Gasteiger partial charge >= 0.3 is 0 Å². The summed E-state index contributed by atoms with van der Waals surface area (Å²) in [5, 5.41) is 12.7. The van der Waals surface area contributed by atoms with E-state index in [1.165, 1.54) is 0 Å². The first kappa shape index (κ1) is 15.0. The van der Waals surface area contributed by atoms with E-state index in [-0.39, 0.29) is 12.5 Å². The van der Waals surface area contributed by atoms with Crippen LogP contribution in [0.3, 0.4) is 0 Å². The van der Waals surface area contributed by atoms with Crippen LogP contribution in [-0.4, -0.2) is 28.1 Å². The Balaban J connectivity index is 1.83. The standard InChI is InChI=1S/C16H24N2O2/c1-13-6-8-16(12-19,9-7-13)18-15(20)5-4-14-3-2-10-17-11-14/h2-3,10-11,13,19H,4-9,12H2,1H3,(H,18,20). The minimum absolute atomic E-state index is 0.0254. The molecule has 1 aliphatic carbocycles. The fraction of sp³-hybridized carbons (Fsp3) is 0.625. The topological polar surface area (TPSA) is 62.2 Å². The maximum absolute atomic E-state index is 12.1. The van der Waals surface area contributed by atoms with Gasteiger partial charge in [0.15, 0.2) is 0 Å². The first-order valence-electron chi connectivity index (χ1n) is 7.44. The van der Waals surface area contributed by atoms with Gasteiger partial charge in [-0.1, -0.05) is 13.0 Å². The lowest BCUT2D eigenvalue weighted by molar-refractivity contribution is -0.124. The van der Waals surface area contributed by atoms with E-state index >= 15 is 0 Å². The summed E-state index contributed by atoms with van der Waals surface area (Å²) in [5.74, 6) is 0.722. The molecule has 110 valence electrons. The van der Waals surface area contributed by atoms with E-state index in [1.807, 2.05) is 12.1 Å². The summed E-state index contributed by atoms with van der Waals surface area (Å²) in [5.41, 5.74) is 0.677. The van der Waals surface area contributed by atoms with E-state index in [9.17, 15) is 9.90 Å². The zero-order valence-corrected chi connectivity index (χ0v) is 12.1. The average Bonchev–Trinajstić information content (AvgIpc) is 2.49. The van der Waals surface area contributed by atoms with Gasteiger partial charge in [0.25, 0.3) is 0 Å². The first-order valence-corrected chi connectivity index (χ1v) is 7.44. The van der Waals surface area contributed by atoms with Gasteiger partial charge in [-0.2, -0.15) is 0 Å². The Labute approximate surface area is 120 Å². The second-order valence-electron chi connectivity index (χ2n) is 6.03. The van der Waals surface area contributed by atoms with Crippen molar-refractivity contribution in [2.24, 2.45) is 5.92 Å². The molecule has 0 aliphatic heterocycles. The van der Waals surface area contributed by atoms with E-state index in [0.29, 0.717) is 18.8 Å². The smallest absolute Gasteiger partial charge is 0.220 e. The number of aryl methyl sites for hydroxylation is 1. The largest absolute Gasteiger partial charge is 0.394 e. The third-order valence-electron chi connectivity index (χ3n) is 4.30. The average molecular weight is 276 g/mol. The quantitative estimate of drug-likeness (QED) is 0.865. The summed E-state index contributed by atoms with van der Waals surface area (Å²) < 4.78 is 0. The van der Waals surface area contributed by atoms with E-state index in [4.69, 9.17) is 0 Å². The molecule has 1 saturated carbocycles. The fourth-order valence-electron chi connectivity index (χ4n) is 2.80. The Bertz CT molecular complexity index is 425. The number of pyridine rings is 1. The molecule has 0 atom stereocenters. The summed E-state index contributed by atoms with van der Waals surface area (Å²) in [6.07, 6.45) is 8.56. The third kappa shape index (κ3) is 4.04. The van der Waals surface area contributed by atoms with Gasteiger partial charge in [-0.15, -0.1) is 0 Å². The van der Waals surface area contributed by atoms with Crippen molar-refractivity contribution < 1.29 is 9.90 Å². The normalized spacial score (nSPS) is 26.2. The molecule has 4 heteroatoms. The molecule has 1 amide bonds. The van der Waals surface area contributed by atoms with Crippen LogP contribution in [0.5, 0.6) is 0 Å². The van der Waals surface area contributed by atoms with Gasteiger partial charge < -0.3 is 10.4 Å². The van der Waals surface area contributed by atoms with Crippen molar-refractivity contribution in [2.75, 3.05) is 6.61 Å². The molecule has 0 saturated heterocycles. The number of nitrogens with one attached hydrogen (secondary N) is 1. The second-order valence-corrected chi connectivity index (χ2v) is 6.03. The molecule has 1 fully saturated rings. The van der Waals surface area contributed by atoms with Crippen molar-refractivity contribution >= 4 is 5.91 Å². The Morgan fingerprint density at radius 2 is 2.25 bits per heavy atom. The number of amides is 1. The molecule has 20 heavy (non-hydrogen) atoms. The van der Waals surface area contributed by atoms with Gasteiger partial charge in [-0.3, -0.25) is 9.78 Å². The zero-order chi connectivity index (χ0) is 14.4. The van der Waals surface area contributed by atoms with Gasteiger partial charge in [0, 0.05) is 18.8 Å². The Kier molecular flexibility index (Phi) is 5.12. The summed E-state index contributed by atoms with van der Waals surface area (Å²) in [4.78, 5) is 16.1. The molecule has 2 N–H and O–H groups in total. The van der Waals surface area contributed by atoms with E-state index < -0.39 is 5.54 Å². The maximum atomic E-state index is 12.1. The molecular weight excluding hydrogens is 252 g/mol. The van der Waals surface area contributed by atoms with Crippen molar-refractivity contribution in [1.29, 1.82) is 0 Å². The molecule has 1 aromatic rings. The highest BCUT2D eigenvalue weighted by Crippen LogP contribution is 2.31. The molecule has 4 nitrogen and oxygen atoms in total. The summed E-state index contributed by atoms with van der Waals surface area (Å²) in [6, 6.07) is 3.86. The molecule has 1 aromatic heterocycles. The molecule has 2 rings (SSSR count). The lowest BCUT2D eigenvalue weighted by Gasteiger charge is -2.38. The maximum Gasteiger partial charge on any atom is 0.220 e. The molecule has 1 aliphatic rings. The van der Waals surface area contributed by atoms with Crippen LogP contribution < -0.4 is 5.32 Å². The van der Waals surface area contributed by atoms with Crippen LogP contribution in [0.1, 0.15) is 44.6 Å². The summed E-state index contributed by atoms with van der Waals surface area (Å²) in [7, 11) is 0. The van der Waals surface area contributed by atoms with Crippen LogP contribution in [-0.2, 0) is 11.2 Å². The minimum Gasteiger partial charge on any atom is -0.394 e. The minimum atomic E-state index is -0.390.